The van der Waals surface area contributed by atoms with Gasteiger partial charge in [0.25, 0.3) is 0 Å². The zero-order chi connectivity index (χ0) is 36.0. The molecular formula is C50H29N3OS. The first kappa shape index (κ1) is 30.4. The van der Waals surface area contributed by atoms with Gasteiger partial charge < -0.3 is 8.98 Å². The second-order valence-electron chi connectivity index (χ2n) is 14.2. The Hall–Kier alpha value is -7.08. The number of hydrogen-bond donors (Lipinski definition) is 0. The lowest BCUT2D eigenvalue weighted by molar-refractivity contribution is 0.666. The molecule has 55 heavy (non-hydrogen) atoms. The van der Waals surface area contributed by atoms with Crippen LogP contribution in [0, 0.1) is 0 Å². The first-order valence-electron chi connectivity index (χ1n) is 18.5. The third kappa shape index (κ3) is 4.64. The summed E-state index contributed by atoms with van der Waals surface area (Å²) in [5.74, 6) is 0.674. The molecule has 5 heteroatoms. The Kier molecular flexibility index (Phi) is 6.47. The van der Waals surface area contributed by atoms with Crippen LogP contribution in [0.5, 0.6) is 0 Å². The van der Waals surface area contributed by atoms with Crippen molar-refractivity contribution in [3.8, 4) is 39.5 Å². The number of rotatable bonds is 4. The quantitative estimate of drug-likeness (QED) is 0.182. The largest absolute Gasteiger partial charge is 0.454 e. The maximum atomic E-state index is 6.90. The van der Waals surface area contributed by atoms with Crippen molar-refractivity contribution in [2.24, 2.45) is 0 Å². The number of thiophene rings is 1. The second kappa shape index (κ2) is 11.7. The topological polar surface area (TPSA) is 43.9 Å². The Balaban J connectivity index is 1.06. The van der Waals surface area contributed by atoms with Gasteiger partial charge in [0, 0.05) is 42.8 Å². The van der Waals surface area contributed by atoms with Gasteiger partial charge in [0.15, 0.2) is 11.4 Å². The highest BCUT2D eigenvalue weighted by molar-refractivity contribution is 7.26. The van der Waals surface area contributed by atoms with Gasteiger partial charge in [-0.15, -0.1) is 11.3 Å². The molecule has 0 aliphatic rings. The molecule has 12 rings (SSSR count). The molecule has 12 aromatic rings. The van der Waals surface area contributed by atoms with Crippen molar-refractivity contribution >= 4 is 86.2 Å². The number of hydrogen-bond acceptors (Lipinski definition) is 4. The molecule has 0 unspecified atom stereocenters. The molecule has 4 heterocycles. The van der Waals surface area contributed by atoms with Crippen LogP contribution in [-0.2, 0) is 0 Å². The SMILES string of the molecule is c1ccc(-c2cccc(-c3nc(-c4ccc5c(c4)oc4c(-n6c7ccccc7c7cc8ccccc8cc76)cccc45)nc4c3sc3ccccc34)c2)cc1. The molecule has 0 aliphatic heterocycles. The smallest absolute Gasteiger partial charge is 0.160 e. The van der Waals surface area contributed by atoms with Crippen LogP contribution >= 0.6 is 11.3 Å². The van der Waals surface area contributed by atoms with Crippen LogP contribution in [0.2, 0.25) is 0 Å². The maximum Gasteiger partial charge on any atom is 0.160 e. The Bertz CT molecular complexity index is 3500. The minimum atomic E-state index is 0.674. The highest BCUT2D eigenvalue weighted by Crippen LogP contribution is 2.42. The Morgan fingerprint density at radius 1 is 0.455 bits per heavy atom. The van der Waals surface area contributed by atoms with E-state index in [1.54, 1.807) is 11.3 Å². The van der Waals surface area contributed by atoms with Crippen LogP contribution in [0.4, 0.5) is 0 Å². The van der Waals surface area contributed by atoms with Crippen LogP contribution in [0.3, 0.4) is 0 Å². The van der Waals surface area contributed by atoms with E-state index in [4.69, 9.17) is 14.4 Å². The van der Waals surface area contributed by atoms with E-state index in [2.05, 4.69) is 180 Å². The van der Waals surface area contributed by atoms with Crippen molar-refractivity contribution in [2.75, 3.05) is 0 Å². The second-order valence-corrected chi connectivity index (χ2v) is 15.2. The first-order valence-corrected chi connectivity index (χ1v) is 19.3. The molecule has 0 bridgehead atoms. The van der Waals surface area contributed by atoms with Crippen LogP contribution in [-0.4, -0.2) is 14.5 Å². The first-order chi connectivity index (χ1) is 27.2. The van der Waals surface area contributed by atoms with Gasteiger partial charge >= 0.3 is 0 Å². The number of aromatic nitrogens is 3. The predicted octanol–water partition coefficient (Wildman–Crippen LogP) is 14.0. The molecule has 0 N–H and O–H groups in total. The van der Waals surface area contributed by atoms with Crippen molar-refractivity contribution in [2.45, 2.75) is 0 Å². The highest BCUT2D eigenvalue weighted by Gasteiger charge is 2.21. The van der Waals surface area contributed by atoms with E-state index in [1.165, 1.54) is 31.8 Å². The zero-order valence-electron chi connectivity index (χ0n) is 29.4. The van der Waals surface area contributed by atoms with Gasteiger partial charge in [0.05, 0.1) is 32.6 Å². The molecule has 0 radical (unpaired) electrons. The number of nitrogens with zero attached hydrogens (tertiary/aromatic N) is 3. The minimum absolute atomic E-state index is 0.674. The monoisotopic (exact) mass is 719 g/mol. The summed E-state index contributed by atoms with van der Waals surface area (Å²) in [4.78, 5) is 10.6. The van der Waals surface area contributed by atoms with Crippen molar-refractivity contribution in [1.29, 1.82) is 0 Å². The summed E-state index contributed by atoms with van der Waals surface area (Å²) in [5.41, 5.74) is 11.2. The van der Waals surface area contributed by atoms with E-state index in [0.29, 0.717) is 5.82 Å². The summed E-state index contributed by atoms with van der Waals surface area (Å²) in [7, 11) is 0. The van der Waals surface area contributed by atoms with Crippen molar-refractivity contribution in [1.82, 2.24) is 14.5 Å². The van der Waals surface area contributed by atoms with Gasteiger partial charge in [-0.3, -0.25) is 0 Å². The van der Waals surface area contributed by atoms with Crippen LogP contribution < -0.4 is 0 Å². The third-order valence-corrected chi connectivity index (χ3v) is 12.1. The highest BCUT2D eigenvalue weighted by atomic mass is 32.1. The molecule has 4 aromatic heterocycles. The van der Waals surface area contributed by atoms with Crippen molar-refractivity contribution in [3.63, 3.8) is 0 Å². The van der Waals surface area contributed by atoms with Gasteiger partial charge in [0.1, 0.15) is 5.58 Å². The van der Waals surface area contributed by atoms with E-state index in [1.807, 2.05) is 0 Å². The van der Waals surface area contributed by atoms with Gasteiger partial charge in [0.2, 0.25) is 0 Å². The summed E-state index contributed by atoms with van der Waals surface area (Å²) < 4.78 is 11.5. The van der Waals surface area contributed by atoms with Crippen LogP contribution in [0.25, 0.3) is 114 Å². The molecular weight excluding hydrogens is 691 g/mol. The van der Waals surface area contributed by atoms with E-state index >= 15 is 0 Å². The molecule has 0 fully saturated rings. The van der Waals surface area contributed by atoms with Gasteiger partial charge in [-0.1, -0.05) is 127 Å². The predicted molar refractivity (Wildman–Crippen MR) is 230 cm³/mol. The normalized spacial score (nSPS) is 12.0. The molecule has 256 valence electrons. The van der Waals surface area contributed by atoms with Crippen molar-refractivity contribution in [3.05, 3.63) is 176 Å². The summed E-state index contributed by atoms with van der Waals surface area (Å²) in [6, 6.07) is 62.4. The fraction of sp³-hybridized carbons (Fsp3) is 0. The summed E-state index contributed by atoms with van der Waals surface area (Å²) in [6.07, 6.45) is 0. The summed E-state index contributed by atoms with van der Waals surface area (Å²) in [6.45, 7) is 0. The lowest BCUT2D eigenvalue weighted by atomic mass is 10.0. The molecule has 0 aliphatic carbocycles. The standard InChI is InChI=1S/C50H29N3OS/c1-2-12-30(13-3-1)31-16-10-17-34(26-31)46-49-47(39-19-7-9-23-45(39)55-49)52-50(51-46)35-24-25-37-38-20-11-22-42(48(38)54-44(37)29-35)53-41-21-8-6-18-36(41)40-27-32-14-4-5-15-33(32)28-43(40)53/h1-29H. The van der Waals surface area contributed by atoms with Crippen molar-refractivity contribution < 1.29 is 4.42 Å². The average Bonchev–Trinajstić information content (AvgIpc) is 3.92. The Labute approximate surface area is 319 Å². The number of fused-ring (bicyclic) bond motifs is 10. The zero-order valence-corrected chi connectivity index (χ0v) is 30.2. The Morgan fingerprint density at radius 2 is 1.18 bits per heavy atom. The molecule has 0 atom stereocenters. The van der Waals surface area contributed by atoms with E-state index in [-0.39, 0.29) is 0 Å². The molecule has 4 nitrogen and oxygen atoms in total. The number of furan rings is 1. The maximum absolute atomic E-state index is 6.90. The number of benzene rings is 8. The fourth-order valence-electron chi connectivity index (χ4n) is 8.41. The number of para-hydroxylation sites is 2. The molecule has 0 saturated carbocycles. The molecule has 0 spiro atoms. The van der Waals surface area contributed by atoms with Crippen LogP contribution in [0.15, 0.2) is 180 Å². The minimum Gasteiger partial charge on any atom is -0.454 e. The van der Waals surface area contributed by atoms with E-state index in [9.17, 15) is 0 Å². The van der Waals surface area contributed by atoms with E-state index < -0.39 is 0 Å². The lowest BCUT2D eigenvalue weighted by Gasteiger charge is -2.09. The molecule has 0 saturated heterocycles. The average molecular weight is 720 g/mol. The van der Waals surface area contributed by atoms with Crippen LogP contribution in [0.1, 0.15) is 0 Å². The molecule has 0 amide bonds. The fourth-order valence-corrected chi connectivity index (χ4v) is 9.56. The summed E-state index contributed by atoms with van der Waals surface area (Å²) >= 11 is 1.75. The third-order valence-electron chi connectivity index (χ3n) is 11.0. The van der Waals surface area contributed by atoms with Gasteiger partial charge in [-0.25, -0.2) is 9.97 Å². The van der Waals surface area contributed by atoms with Gasteiger partial charge in [-0.05, 0) is 70.4 Å². The lowest BCUT2D eigenvalue weighted by Crippen LogP contribution is -1.94. The summed E-state index contributed by atoms with van der Waals surface area (Å²) in [5, 5.41) is 8.16. The molecule has 8 aromatic carbocycles. The van der Waals surface area contributed by atoms with E-state index in [0.717, 1.165) is 76.6 Å². The Morgan fingerprint density at radius 3 is 2.09 bits per heavy atom. The van der Waals surface area contributed by atoms with Gasteiger partial charge in [-0.2, -0.15) is 0 Å².